The van der Waals surface area contributed by atoms with Crippen molar-refractivity contribution in [3.05, 3.63) is 34.9 Å². The Hall–Kier alpha value is -2.76. The van der Waals surface area contributed by atoms with Gasteiger partial charge in [-0.05, 0) is 49.8 Å². The minimum atomic E-state index is -1.03. The monoisotopic (exact) mass is 608 g/mol. The number of likely N-dealkylation sites (tertiary alicyclic amines) is 1. The number of aliphatic hydroxyl groups is 1. The molecule has 1 aromatic rings. The molecular formula is C30H45ClN4O7. The van der Waals surface area contributed by atoms with Crippen molar-refractivity contribution in [3.63, 3.8) is 0 Å². The van der Waals surface area contributed by atoms with Gasteiger partial charge in [0, 0.05) is 37.1 Å². The van der Waals surface area contributed by atoms with Crippen LogP contribution in [-0.2, 0) is 14.2 Å². The number of amides is 4. The highest BCUT2D eigenvalue weighted by molar-refractivity contribution is 6.30. The molecule has 0 spiro atoms. The van der Waals surface area contributed by atoms with Gasteiger partial charge in [0.15, 0.2) is 0 Å². The summed E-state index contributed by atoms with van der Waals surface area (Å²) in [5, 5.41) is 17.6. The number of nitrogens with one attached hydrogen (secondary N) is 2. The summed E-state index contributed by atoms with van der Waals surface area (Å²) in [4.78, 5) is 40.3. The number of halogens is 1. The van der Waals surface area contributed by atoms with E-state index in [-0.39, 0.29) is 31.2 Å². The minimum absolute atomic E-state index is 0.00835. The molecule has 42 heavy (non-hydrogen) atoms. The predicted molar refractivity (Wildman–Crippen MR) is 157 cm³/mol. The summed E-state index contributed by atoms with van der Waals surface area (Å²) < 4.78 is 16.2. The van der Waals surface area contributed by atoms with Crippen molar-refractivity contribution in [1.82, 2.24) is 20.4 Å². The molecule has 0 bridgehead atoms. The van der Waals surface area contributed by atoms with E-state index in [1.54, 1.807) is 11.0 Å². The maximum atomic E-state index is 13.7. The Morgan fingerprint density at radius 1 is 1.19 bits per heavy atom. The van der Waals surface area contributed by atoms with E-state index >= 15 is 0 Å². The molecular weight excluding hydrogens is 564 g/mol. The SMILES string of the molecule is CCN1C(=O)OC1C(O)C(CC1CCCCC1)NC(=O)N1CCCC(C(OCCNC(=O)OC)c2cccc(Cl)c2)C1. The number of carbonyl (C=O) groups is 3. The lowest BCUT2D eigenvalue weighted by atomic mass is 9.83. The largest absolute Gasteiger partial charge is 0.453 e. The number of carbonyl (C=O) groups excluding carboxylic acids is 3. The van der Waals surface area contributed by atoms with Crippen LogP contribution in [-0.4, -0.2) is 91.4 Å². The Bertz CT molecular complexity index is 1060. The molecule has 3 fully saturated rings. The molecule has 4 rings (SSSR count). The van der Waals surface area contributed by atoms with E-state index < -0.39 is 30.6 Å². The highest BCUT2D eigenvalue weighted by Crippen LogP contribution is 2.35. The van der Waals surface area contributed by atoms with Crippen LogP contribution in [0, 0.1) is 11.8 Å². The molecule has 11 nitrogen and oxygen atoms in total. The molecule has 2 heterocycles. The third-order valence-electron chi connectivity index (χ3n) is 8.63. The van der Waals surface area contributed by atoms with Crippen LogP contribution < -0.4 is 10.6 Å². The molecule has 12 heteroatoms. The fourth-order valence-corrected chi connectivity index (χ4v) is 6.61. The van der Waals surface area contributed by atoms with Gasteiger partial charge in [-0.15, -0.1) is 0 Å². The number of benzene rings is 1. The zero-order chi connectivity index (χ0) is 30.1. The van der Waals surface area contributed by atoms with Gasteiger partial charge >= 0.3 is 18.2 Å². The van der Waals surface area contributed by atoms with Gasteiger partial charge in [-0.25, -0.2) is 14.4 Å². The van der Waals surface area contributed by atoms with Crippen LogP contribution in [0.4, 0.5) is 14.4 Å². The summed E-state index contributed by atoms with van der Waals surface area (Å²) in [6, 6.07) is 6.72. The first-order valence-corrected chi connectivity index (χ1v) is 15.6. The van der Waals surface area contributed by atoms with Gasteiger partial charge in [-0.1, -0.05) is 55.8 Å². The lowest BCUT2D eigenvalue weighted by molar-refractivity contribution is -0.158. The maximum absolute atomic E-state index is 13.7. The highest BCUT2D eigenvalue weighted by atomic mass is 35.5. The number of alkyl carbamates (subject to hydrolysis) is 1. The molecule has 5 atom stereocenters. The smallest absolute Gasteiger partial charge is 0.414 e. The number of rotatable bonds is 12. The molecule has 1 aromatic carbocycles. The van der Waals surface area contributed by atoms with Gasteiger partial charge in [-0.3, -0.25) is 4.90 Å². The summed E-state index contributed by atoms with van der Waals surface area (Å²) in [6.07, 6.45) is 4.82. The summed E-state index contributed by atoms with van der Waals surface area (Å²) in [7, 11) is 1.31. The first-order chi connectivity index (χ1) is 20.3. The van der Waals surface area contributed by atoms with E-state index in [4.69, 9.17) is 21.1 Å². The van der Waals surface area contributed by atoms with Crippen molar-refractivity contribution in [2.24, 2.45) is 11.8 Å². The fraction of sp³-hybridized carbons (Fsp3) is 0.700. The molecule has 3 aliphatic rings. The maximum Gasteiger partial charge on any atom is 0.414 e. The van der Waals surface area contributed by atoms with E-state index in [2.05, 4.69) is 15.4 Å². The van der Waals surface area contributed by atoms with E-state index in [1.807, 2.05) is 25.1 Å². The first kappa shape index (κ1) is 32.2. The molecule has 1 saturated carbocycles. The molecule has 2 saturated heterocycles. The van der Waals surface area contributed by atoms with Crippen LogP contribution in [0.25, 0.3) is 0 Å². The van der Waals surface area contributed by atoms with Crippen LogP contribution in [0.2, 0.25) is 5.02 Å². The molecule has 0 radical (unpaired) electrons. The van der Waals surface area contributed by atoms with Crippen molar-refractivity contribution in [2.45, 2.75) is 82.8 Å². The van der Waals surface area contributed by atoms with Crippen molar-refractivity contribution in [1.29, 1.82) is 0 Å². The number of nitrogens with zero attached hydrogens (tertiary/aromatic N) is 2. The Morgan fingerprint density at radius 2 is 1.98 bits per heavy atom. The molecule has 234 valence electrons. The Balaban J connectivity index is 1.43. The highest BCUT2D eigenvalue weighted by Gasteiger charge is 2.46. The zero-order valence-electron chi connectivity index (χ0n) is 24.6. The van der Waals surface area contributed by atoms with Crippen molar-refractivity contribution in [2.75, 3.05) is 39.9 Å². The van der Waals surface area contributed by atoms with E-state index in [0.29, 0.717) is 37.0 Å². The van der Waals surface area contributed by atoms with Gasteiger partial charge in [0.1, 0.15) is 6.10 Å². The molecule has 1 aliphatic carbocycles. The number of aliphatic hydroxyl groups excluding tert-OH is 1. The van der Waals surface area contributed by atoms with Gasteiger partial charge in [0.25, 0.3) is 0 Å². The second-order valence-electron chi connectivity index (χ2n) is 11.5. The minimum Gasteiger partial charge on any atom is -0.453 e. The number of piperidine rings is 1. The van der Waals surface area contributed by atoms with Crippen LogP contribution in [0.15, 0.2) is 24.3 Å². The van der Waals surface area contributed by atoms with Gasteiger partial charge < -0.3 is 34.9 Å². The Labute approximate surface area is 253 Å². The Kier molecular flexibility index (Phi) is 12.0. The van der Waals surface area contributed by atoms with Gasteiger partial charge in [0.05, 0.1) is 25.9 Å². The lowest BCUT2D eigenvalue weighted by Gasteiger charge is -2.44. The predicted octanol–water partition coefficient (Wildman–Crippen LogP) is 4.67. The number of cyclic esters (lactones) is 1. The van der Waals surface area contributed by atoms with Crippen LogP contribution in [0.3, 0.4) is 0 Å². The lowest BCUT2D eigenvalue weighted by Crippen LogP contribution is -2.65. The van der Waals surface area contributed by atoms with Crippen LogP contribution in [0.5, 0.6) is 0 Å². The normalized spacial score (nSPS) is 23.3. The topological polar surface area (TPSA) is 130 Å². The molecule has 2 aliphatic heterocycles. The van der Waals surface area contributed by atoms with E-state index in [0.717, 1.165) is 44.1 Å². The van der Waals surface area contributed by atoms with E-state index in [1.165, 1.54) is 18.4 Å². The third-order valence-corrected chi connectivity index (χ3v) is 8.87. The quantitative estimate of drug-likeness (QED) is 0.294. The Morgan fingerprint density at radius 3 is 2.67 bits per heavy atom. The van der Waals surface area contributed by atoms with Gasteiger partial charge in [-0.2, -0.15) is 0 Å². The average Bonchev–Trinajstić information content (AvgIpc) is 2.99. The van der Waals surface area contributed by atoms with E-state index in [9.17, 15) is 19.5 Å². The first-order valence-electron chi connectivity index (χ1n) is 15.2. The molecule has 4 amide bonds. The van der Waals surface area contributed by atoms with Crippen molar-refractivity contribution >= 4 is 29.8 Å². The second kappa shape index (κ2) is 15.6. The standard InChI is InChI=1S/C30H45ClN4O7/c1-3-35-27(42-30(35)39)25(36)24(17-20-9-5-4-6-10-20)33-28(37)34-15-8-12-22(19-34)26(21-11-7-13-23(31)18-21)41-16-14-32-29(38)40-2/h7,11,13,18,20,22,24-27,36H,3-6,8-10,12,14-17,19H2,1-2H3,(H,32,38)(H,33,37). The van der Waals surface area contributed by atoms with Crippen molar-refractivity contribution in [3.8, 4) is 0 Å². The number of likely N-dealkylation sites (N-methyl/N-ethyl adjacent to an activating group) is 1. The fourth-order valence-electron chi connectivity index (χ4n) is 6.41. The molecule has 5 unspecified atom stereocenters. The summed E-state index contributed by atoms with van der Waals surface area (Å²) >= 11 is 6.31. The number of ether oxygens (including phenoxy) is 3. The summed E-state index contributed by atoms with van der Waals surface area (Å²) in [5.41, 5.74) is 0.907. The number of hydrogen-bond donors (Lipinski definition) is 3. The van der Waals surface area contributed by atoms with Crippen LogP contribution in [0.1, 0.15) is 70.0 Å². The number of urea groups is 1. The number of methoxy groups -OCH3 is 1. The van der Waals surface area contributed by atoms with Crippen molar-refractivity contribution < 1.29 is 33.7 Å². The molecule has 3 N–H and O–H groups in total. The molecule has 0 aromatic heterocycles. The summed E-state index contributed by atoms with van der Waals surface area (Å²) in [6.45, 7) is 3.85. The second-order valence-corrected chi connectivity index (χ2v) is 11.9. The zero-order valence-corrected chi connectivity index (χ0v) is 25.4. The summed E-state index contributed by atoms with van der Waals surface area (Å²) in [5.74, 6) is 0.392. The van der Waals surface area contributed by atoms with Crippen LogP contribution >= 0.6 is 11.6 Å². The third kappa shape index (κ3) is 8.41. The van der Waals surface area contributed by atoms with Gasteiger partial charge in [0.2, 0.25) is 6.23 Å². The average molecular weight is 609 g/mol. The number of hydrogen-bond acceptors (Lipinski definition) is 7.